The number of urea groups is 1. The average Bonchev–Trinajstić information content (AvgIpc) is 3.52. The molecule has 0 spiro atoms. The molecule has 2 aliphatic rings. The number of carbonyl (C=O) groups excluding carboxylic acids is 3. The molecule has 1 heterocycles. The summed E-state index contributed by atoms with van der Waals surface area (Å²) >= 11 is 13.4. The van der Waals surface area contributed by atoms with Gasteiger partial charge in [0, 0.05) is 13.1 Å². The molecular formula is C36H34Cl2N4O6S. The Labute approximate surface area is 294 Å². The summed E-state index contributed by atoms with van der Waals surface area (Å²) < 4.78 is 33.4. The van der Waals surface area contributed by atoms with Crippen molar-refractivity contribution in [3.8, 4) is 0 Å². The molecule has 3 amide bonds. The van der Waals surface area contributed by atoms with Crippen LogP contribution in [0.4, 0.5) is 4.79 Å². The molecule has 0 fully saturated rings. The van der Waals surface area contributed by atoms with E-state index in [1.807, 2.05) is 42.5 Å². The van der Waals surface area contributed by atoms with Gasteiger partial charge in [0.25, 0.3) is 5.91 Å². The van der Waals surface area contributed by atoms with Crippen LogP contribution in [0.3, 0.4) is 0 Å². The lowest BCUT2D eigenvalue weighted by atomic mass is 9.97. The standard InChI is InChI=1S/C36H34Cl2N4O6S/c37-29-19-25-21-42(49(46,47)26-12-5-2-6-13-26)18-17-28(25)33(38)32(29)34(43)40-31(35(44)48-22-23-9-3-1-4-10-23)20-39-36(45)41-30-16-15-24-11-7-8-14-27(24)30/h1-14,19,30-31H,15-18,20-22H2,(H,40,43)(H2,39,41,45)/t30-,31+/m1/s1. The second-order valence-corrected chi connectivity index (χ2v) is 14.6. The predicted molar refractivity (Wildman–Crippen MR) is 186 cm³/mol. The Morgan fingerprint density at radius 1 is 0.898 bits per heavy atom. The highest BCUT2D eigenvalue weighted by Gasteiger charge is 2.33. The van der Waals surface area contributed by atoms with Crippen LogP contribution in [0.25, 0.3) is 0 Å². The maximum Gasteiger partial charge on any atom is 0.330 e. The van der Waals surface area contributed by atoms with E-state index in [4.69, 9.17) is 27.9 Å². The number of halogens is 2. The molecule has 0 radical (unpaired) electrons. The van der Waals surface area contributed by atoms with Crippen molar-refractivity contribution in [2.24, 2.45) is 0 Å². The van der Waals surface area contributed by atoms with Crippen LogP contribution in [0, 0.1) is 0 Å². The van der Waals surface area contributed by atoms with Crippen molar-refractivity contribution >= 4 is 51.1 Å². The van der Waals surface area contributed by atoms with Crippen LogP contribution in [-0.4, -0.2) is 49.8 Å². The van der Waals surface area contributed by atoms with Gasteiger partial charge >= 0.3 is 12.0 Å². The minimum absolute atomic E-state index is 0.0118. The first kappa shape index (κ1) is 34.4. The van der Waals surface area contributed by atoms with Gasteiger partial charge in [0.1, 0.15) is 12.6 Å². The summed E-state index contributed by atoms with van der Waals surface area (Å²) in [5, 5.41) is 8.34. The minimum Gasteiger partial charge on any atom is -0.459 e. The third-order valence-corrected chi connectivity index (χ3v) is 11.3. The third kappa shape index (κ3) is 7.75. The molecule has 1 aliphatic heterocycles. The Balaban J connectivity index is 1.17. The second kappa shape index (κ2) is 15.0. The van der Waals surface area contributed by atoms with Crippen molar-refractivity contribution in [2.75, 3.05) is 13.1 Å². The molecule has 49 heavy (non-hydrogen) atoms. The SMILES string of the molecule is O=C(NC[C@H](NC(=O)c1c(Cl)cc2c(c1Cl)CCN(S(=O)(=O)c1ccccc1)C2)C(=O)OCc1ccccc1)N[C@@H]1CCc2ccccc21. The Bertz CT molecular complexity index is 1980. The molecule has 6 rings (SSSR count). The van der Waals surface area contributed by atoms with Crippen molar-refractivity contribution in [2.45, 2.75) is 49.4 Å². The molecule has 3 N–H and O–H groups in total. The Morgan fingerprint density at radius 3 is 2.35 bits per heavy atom. The van der Waals surface area contributed by atoms with Crippen molar-refractivity contribution in [1.82, 2.24) is 20.3 Å². The van der Waals surface area contributed by atoms with E-state index in [1.54, 1.807) is 30.3 Å². The van der Waals surface area contributed by atoms with Gasteiger partial charge in [-0.2, -0.15) is 4.31 Å². The second-order valence-electron chi connectivity index (χ2n) is 11.9. The summed E-state index contributed by atoms with van der Waals surface area (Å²) in [7, 11) is -3.77. The molecule has 4 aromatic rings. The van der Waals surface area contributed by atoms with Crippen LogP contribution < -0.4 is 16.0 Å². The van der Waals surface area contributed by atoms with Gasteiger partial charge < -0.3 is 20.7 Å². The van der Waals surface area contributed by atoms with Crippen LogP contribution in [0.15, 0.2) is 95.9 Å². The monoisotopic (exact) mass is 720 g/mol. The van der Waals surface area contributed by atoms with Gasteiger partial charge in [-0.3, -0.25) is 4.79 Å². The topological polar surface area (TPSA) is 134 Å². The average molecular weight is 722 g/mol. The molecule has 13 heteroatoms. The summed E-state index contributed by atoms with van der Waals surface area (Å²) in [4.78, 5) is 40.1. The van der Waals surface area contributed by atoms with Gasteiger partial charge in [0.2, 0.25) is 10.0 Å². The zero-order valence-electron chi connectivity index (χ0n) is 26.3. The molecule has 0 aromatic heterocycles. The van der Waals surface area contributed by atoms with Crippen molar-refractivity contribution in [3.05, 3.63) is 134 Å². The maximum atomic E-state index is 13.7. The van der Waals surface area contributed by atoms with E-state index in [9.17, 15) is 22.8 Å². The molecule has 4 aromatic carbocycles. The minimum atomic E-state index is -3.77. The lowest BCUT2D eigenvalue weighted by molar-refractivity contribution is -0.147. The summed E-state index contributed by atoms with van der Waals surface area (Å²) in [6.07, 6.45) is 1.83. The van der Waals surface area contributed by atoms with Gasteiger partial charge in [-0.1, -0.05) is 96.0 Å². The zero-order valence-corrected chi connectivity index (χ0v) is 28.7. The third-order valence-electron chi connectivity index (χ3n) is 8.70. The Hall–Kier alpha value is -4.42. The first-order valence-electron chi connectivity index (χ1n) is 15.8. The van der Waals surface area contributed by atoms with E-state index in [0.29, 0.717) is 11.1 Å². The van der Waals surface area contributed by atoms with Crippen molar-refractivity contribution in [3.63, 3.8) is 0 Å². The quantitative estimate of drug-likeness (QED) is 0.184. The first-order chi connectivity index (χ1) is 23.6. The predicted octanol–water partition coefficient (Wildman–Crippen LogP) is 5.57. The summed E-state index contributed by atoms with van der Waals surface area (Å²) in [5.74, 6) is -1.51. The number of carbonyl (C=O) groups is 3. The largest absolute Gasteiger partial charge is 0.459 e. The lowest BCUT2D eigenvalue weighted by Gasteiger charge is -2.29. The molecule has 0 saturated carbocycles. The number of sulfonamides is 1. The first-order valence-corrected chi connectivity index (χ1v) is 18.0. The number of aryl methyl sites for hydroxylation is 1. The van der Waals surface area contributed by atoms with E-state index in [1.165, 1.54) is 28.1 Å². The Morgan fingerprint density at radius 2 is 1.59 bits per heavy atom. The van der Waals surface area contributed by atoms with Gasteiger partial charge in [0.15, 0.2) is 0 Å². The van der Waals surface area contributed by atoms with E-state index in [-0.39, 0.29) is 59.2 Å². The zero-order chi connectivity index (χ0) is 34.5. The van der Waals surface area contributed by atoms with Gasteiger partial charge in [-0.25, -0.2) is 18.0 Å². The normalized spacial score (nSPS) is 16.2. The smallest absolute Gasteiger partial charge is 0.330 e. The number of nitrogens with zero attached hydrogens (tertiary/aromatic N) is 1. The van der Waals surface area contributed by atoms with Crippen LogP contribution >= 0.6 is 23.2 Å². The summed E-state index contributed by atoms with van der Waals surface area (Å²) in [6.45, 7) is -0.149. The van der Waals surface area contributed by atoms with Crippen molar-refractivity contribution in [1.29, 1.82) is 0 Å². The number of rotatable bonds is 10. The Kier molecular flexibility index (Phi) is 10.5. The van der Waals surface area contributed by atoms with Gasteiger partial charge in [-0.15, -0.1) is 0 Å². The number of esters is 1. The fraction of sp³-hybridized carbons (Fsp3) is 0.250. The summed E-state index contributed by atoms with van der Waals surface area (Å²) in [6, 6.07) is 24.6. The van der Waals surface area contributed by atoms with Crippen LogP contribution in [0.1, 0.15) is 50.6 Å². The highest BCUT2D eigenvalue weighted by molar-refractivity contribution is 7.89. The number of amides is 3. The van der Waals surface area contributed by atoms with Crippen LogP contribution in [-0.2, 0) is 45.5 Å². The molecule has 1 aliphatic carbocycles. The number of fused-ring (bicyclic) bond motifs is 2. The van der Waals surface area contributed by atoms with Crippen LogP contribution in [0.5, 0.6) is 0 Å². The van der Waals surface area contributed by atoms with E-state index >= 15 is 0 Å². The molecule has 2 atom stereocenters. The maximum absolute atomic E-state index is 13.7. The number of nitrogens with one attached hydrogen (secondary N) is 3. The number of ether oxygens (including phenoxy) is 1. The van der Waals surface area contributed by atoms with E-state index in [2.05, 4.69) is 16.0 Å². The fourth-order valence-corrected chi connectivity index (χ4v) is 8.35. The van der Waals surface area contributed by atoms with Crippen LogP contribution in [0.2, 0.25) is 10.0 Å². The molecular weight excluding hydrogens is 687 g/mol. The van der Waals surface area contributed by atoms with Gasteiger partial charge in [0.05, 0.1) is 33.1 Å². The molecule has 0 bridgehead atoms. The number of hydrogen-bond donors (Lipinski definition) is 3. The lowest BCUT2D eigenvalue weighted by Crippen LogP contribution is -2.51. The molecule has 10 nitrogen and oxygen atoms in total. The highest BCUT2D eigenvalue weighted by Crippen LogP contribution is 2.36. The van der Waals surface area contributed by atoms with E-state index < -0.39 is 34.0 Å². The number of hydrogen-bond acceptors (Lipinski definition) is 6. The van der Waals surface area contributed by atoms with Crippen molar-refractivity contribution < 1.29 is 27.5 Å². The molecule has 254 valence electrons. The number of benzene rings is 4. The fourth-order valence-electron chi connectivity index (χ4n) is 6.14. The van der Waals surface area contributed by atoms with E-state index in [0.717, 1.165) is 24.0 Å². The molecule has 0 unspecified atom stereocenters. The van der Waals surface area contributed by atoms with Gasteiger partial charge in [-0.05, 0) is 65.3 Å². The summed E-state index contributed by atoms with van der Waals surface area (Å²) in [5.41, 5.74) is 4.06. The molecule has 0 saturated heterocycles. The highest BCUT2D eigenvalue weighted by atomic mass is 35.5.